The smallest absolute Gasteiger partial charge is 0.116 e. The first kappa shape index (κ1) is 6.96. The third kappa shape index (κ3) is 1.63. The van der Waals surface area contributed by atoms with Crippen LogP contribution in [0.3, 0.4) is 0 Å². The summed E-state index contributed by atoms with van der Waals surface area (Å²) >= 11 is 0. The van der Waals surface area contributed by atoms with Gasteiger partial charge in [0, 0.05) is 0 Å². The molecule has 0 unspecified atom stereocenters. The lowest BCUT2D eigenvalue weighted by Gasteiger charge is -2.06. The third-order valence-corrected chi connectivity index (χ3v) is 1.57. The van der Waals surface area contributed by atoms with E-state index in [-0.39, 0.29) is 18.8 Å². The van der Waals surface area contributed by atoms with Gasteiger partial charge in [0.15, 0.2) is 0 Å². The topological polar surface area (TPSA) is 29.5 Å². The van der Waals surface area contributed by atoms with Crippen LogP contribution in [0.1, 0.15) is 12.8 Å². The van der Waals surface area contributed by atoms with Crippen LogP contribution in [0.2, 0.25) is 0 Å². The molecule has 9 heavy (non-hydrogen) atoms. The largest absolute Gasteiger partial charge is 0.394 e. The molecule has 0 amide bonds. The van der Waals surface area contributed by atoms with Gasteiger partial charge < -0.3 is 9.84 Å². The van der Waals surface area contributed by atoms with Gasteiger partial charge in [0.2, 0.25) is 0 Å². The molecule has 1 saturated heterocycles. The average Bonchev–Trinajstić information content (AvgIpc) is 2.34. The van der Waals surface area contributed by atoms with E-state index in [0.717, 1.165) is 12.8 Å². The van der Waals surface area contributed by atoms with E-state index < -0.39 is 6.67 Å². The number of ether oxygens (including phenoxy) is 1. The van der Waals surface area contributed by atoms with E-state index in [2.05, 4.69) is 0 Å². The number of rotatable bonds is 2. The Morgan fingerprint density at radius 1 is 1.44 bits per heavy atom. The van der Waals surface area contributed by atoms with Crippen molar-refractivity contribution in [3.63, 3.8) is 0 Å². The Morgan fingerprint density at radius 2 is 2.11 bits per heavy atom. The van der Waals surface area contributed by atoms with Crippen LogP contribution in [0.25, 0.3) is 0 Å². The van der Waals surface area contributed by atoms with Gasteiger partial charge in [-0.25, -0.2) is 4.39 Å². The number of alkyl halides is 1. The molecule has 1 fully saturated rings. The van der Waals surface area contributed by atoms with Gasteiger partial charge in [0.05, 0.1) is 18.8 Å². The van der Waals surface area contributed by atoms with Gasteiger partial charge in [0.25, 0.3) is 0 Å². The van der Waals surface area contributed by atoms with Crippen LogP contribution >= 0.6 is 0 Å². The minimum atomic E-state index is -0.420. The first-order chi connectivity index (χ1) is 4.36. The maximum Gasteiger partial charge on any atom is 0.116 e. The van der Waals surface area contributed by atoms with Crippen molar-refractivity contribution in [2.45, 2.75) is 25.0 Å². The quantitative estimate of drug-likeness (QED) is 0.595. The number of halogens is 1. The summed E-state index contributed by atoms with van der Waals surface area (Å²) in [5.74, 6) is 0. The fraction of sp³-hybridized carbons (Fsp3) is 1.00. The summed E-state index contributed by atoms with van der Waals surface area (Å²) in [7, 11) is 0. The fourth-order valence-corrected chi connectivity index (χ4v) is 1.03. The molecule has 0 bridgehead atoms. The van der Waals surface area contributed by atoms with Crippen LogP contribution in [0, 0.1) is 0 Å². The Balaban J connectivity index is 2.20. The average molecular weight is 134 g/mol. The van der Waals surface area contributed by atoms with Gasteiger partial charge in [-0.15, -0.1) is 0 Å². The Hall–Kier alpha value is -0.150. The van der Waals surface area contributed by atoms with Crippen LogP contribution in [0.5, 0.6) is 0 Å². The van der Waals surface area contributed by atoms with E-state index in [1.54, 1.807) is 0 Å². The fourth-order valence-electron chi connectivity index (χ4n) is 1.03. The van der Waals surface area contributed by atoms with Crippen molar-refractivity contribution in [3.05, 3.63) is 0 Å². The molecule has 0 aromatic carbocycles. The van der Waals surface area contributed by atoms with E-state index in [0.29, 0.717) is 0 Å². The molecule has 1 rings (SSSR count). The highest BCUT2D eigenvalue weighted by Crippen LogP contribution is 2.18. The maximum atomic E-state index is 11.8. The number of aliphatic hydroxyl groups excluding tert-OH is 1. The van der Waals surface area contributed by atoms with Crippen molar-refractivity contribution in [1.29, 1.82) is 0 Å². The molecular weight excluding hydrogens is 123 g/mol. The summed E-state index contributed by atoms with van der Waals surface area (Å²) in [5, 5.41) is 8.53. The summed E-state index contributed by atoms with van der Waals surface area (Å²) in [6.07, 6.45) is 1.19. The zero-order chi connectivity index (χ0) is 6.69. The molecule has 0 aromatic rings. The van der Waals surface area contributed by atoms with E-state index in [1.807, 2.05) is 0 Å². The van der Waals surface area contributed by atoms with Crippen molar-refractivity contribution in [2.24, 2.45) is 0 Å². The van der Waals surface area contributed by atoms with Gasteiger partial charge >= 0.3 is 0 Å². The second kappa shape index (κ2) is 3.13. The van der Waals surface area contributed by atoms with E-state index in [9.17, 15) is 4.39 Å². The molecule has 54 valence electrons. The van der Waals surface area contributed by atoms with Crippen LogP contribution in [-0.2, 0) is 4.74 Å². The van der Waals surface area contributed by atoms with Crippen molar-refractivity contribution in [1.82, 2.24) is 0 Å². The molecule has 2 nitrogen and oxygen atoms in total. The lowest BCUT2D eigenvalue weighted by Crippen LogP contribution is -2.15. The Bertz CT molecular complexity index is 77.1. The molecule has 0 radical (unpaired) electrons. The van der Waals surface area contributed by atoms with Crippen LogP contribution < -0.4 is 0 Å². The van der Waals surface area contributed by atoms with Gasteiger partial charge in [-0.3, -0.25) is 0 Å². The number of hydrogen-bond donors (Lipinski definition) is 1. The summed E-state index contributed by atoms with van der Waals surface area (Å²) in [4.78, 5) is 0. The molecule has 3 heteroatoms. The lowest BCUT2D eigenvalue weighted by atomic mass is 10.2. The normalized spacial score (nSPS) is 35.3. The summed E-state index contributed by atoms with van der Waals surface area (Å²) in [5.41, 5.74) is 0. The zero-order valence-electron chi connectivity index (χ0n) is 5.22. The van der Waals surface area contributed by atoms with Crippen molar-refractivity contribution >= 4 is 0 Å². The van der Waals surface area contributed by atoms with Gasteiger partial charge in [-0.2, -0.15) is 0 Å². The standard InChI is InChI=1S/C6H11FO2/c7-3-5-1-2-6(4-8)9-5/h5-6,8H,1-4H2/t5-,6-/m0/s1. The second-order valence-corrected chi connectivity index (χ2v) is 2.29. The molecule has 1 aliphatic heterocycles. The molecule has 0 aliphatic carbocycles. The second-order valence-electron chi connectivity index (χ2n) is 2.29. The monoisotopic (exact) mass is 134 g/mol. The van der Waals surface area contributed by atoms with Gasteiger partial charge in [-0.05, 0) is 12.8 Å². The van der Waals surface area contributed by atoms with Crippen LogP contribution in [0.4, 0.5) is 4.39 Å². The Kier molecular flexibility index (Phi) is 2.42. The van der Waals surface area contributed by atoms with Crippen molar-refractivity contribution < 1.29 is 14.2 Å². The van der Waals surface area contributed by atoms with E-state index in [1.165, 1.54) is 0 Å². The predicted octanol–water partition coefficient (Wildman–Crippen LogP) is 0.496. The lowest BCUT2D eigenvalue weighted by molar-refractivity contribution is 0.00216. The zero-order valence-corrected chi connectivity index (χ0v) is 5.22. The van der Waals surface area contributed by atoms with E-state index in [4.69, 9.17) is 9.84 Å². The van der Waals surface area contributed by atoms with Gasteiger partial charge in [-0.1, -0.05) is 0 Å². The summed E-state index contributed by atoms with van der Waals surface area (Å²) < 4.78 is 16.8. The molecule has 0 aromatic heterocycles. The third-order valence-electron chi connectivity index (χ3n) is 1.57. The maximum absolute atomic E-state index is 11.8. The predicted molar refractivity (Wildman–Crippen MR) is 31.0 cm³/mol. The minimum Gasteiger partial charge on any atom is -0.394 e. The Morgan fingerprint density at radius 3 is 2.44 bits per heavy atom. The minimum absolute atomic E-state index is 0.0243. The molecule has 2 atom stereocenters. The van der Waals surface area contributed by atoms with Crippen LogP contribution in [-0.4, -0.2) is 30.6 Å². The molecule has 1 N–H and O–H groups in total. The molecule has 1 heterocycles. The Labute approximate surface area is 53.6 Å². The van der Waals surface area contributed by atoms with Gasteiger partial charge in [0.1, 0.15) is 6.67 Å². The molecule has 1 aliphatic rings. The van der Waals surface area contributed by atoms with Crippen LogP contribution in [0.15, 0.2) is 0 Å². The van der Waals surface area contributed by atoms with Crippen molar-refractivity contribution in [3.8, 4) is 0 Å². The molecular formula is C6H11FO2. The van der Waals surface area contributed by atoms with Crippen molar-refractivity contribution in [2.75, 3.05) is 13.3 Å². The molecule has 0 saturated carbocycles. The highest BCUT2D eigenvalue weighted by molar-refractivity contribution is 4.71. The molecule has 0 spiro atoms. The first-order valence-corrected chi connectivity index (χ1v) is 3.19. The number of aliphatic hydroxyl groups is 1. The van der Waals surface area contributed by atoms with E-state index >= 15 is 0 Å². The first-order valence-electron chi connectivity index (χ1n) is 3.19. The summed E-state index contributed by atoms with van der Waals surface area (Å²) in [6, 6.07) is 0. The highest BCUT2D eigenvalue weighted by Gasteiger charge is 2.23. The highest BCUT2D eigenvalue weighted by atomic mass is 19.1. The SMILES string of the molecule is OC[C@@H]1CC[C@@H](CF)O1. The number of hydrogen-bond acceptors (Lipinski definition) is 2. The summed E-state index contributed by atoms with van der Waals surface area (Å²) in [6.45, 7) is -0.396.